The minimum atomic E-state index is -4.24. The highest BCUT2D eigenvalue weighted by Gasteiger charge is 2.30. The highest BCUT2D eigenvalue weighted by molar-refractivity contribution is 7.98. The van der Waals surface area contributed by atoms with E-state index >= 15 is 0 Å². The maximum atomic E-state index is 12.4. The van der Waals surface area contributed by atoms with Gasteiger partial charge >= 0.3 is 6.18 Å². The molecule has 1 aromatic rings. The second-order valence-corrected chi connectivity index (χ2v) is 3.80. The van der Waals surface area contributed by atoms with Crippen molar-refractivity contribution < 1.29 is 13.2 Å². The molecule has 0 atom stereocenters. The van der Waals surface area contributed by atoms with Gasteiger partial charge in [-0.1, -0.05) is 6.92 Å². The summed E-state index contributed by atoms with van der Waals surface area (Å²) in [5.74, 6) is 0. The van der Waals surface area contributed by atoms with Crippen LogP contribution in [0.15, 0.2) is 23.1 Å². The van der Waals surface area contributed by atoms with E-state index in [0.717, 1.165) is 5.56 Å². The maximum Gasteiger partial charge on any atom is 0.416 e. The Labute approximate surface area is 85.5 Å². The van der Waals surface area contributed by atoms with E-state index < -0.39 is 11.7 Å². The molecule has 0 fully saturated rings. The van der Waals surface area contributed by atoms with Gasteiger partial charge in [-0.05, 0) is 36.4 Å². The van der Waals surface area contributed by atoms with Gasteiger partial charge in [-0.15, -0.1) is 11.8 Å². The molecule has 0 aliphatic carbocycles. The Hall–Kier alpha value is -0.640. The van der Waals surface area contributed by atoms with Crippen molar-refractivity contribution in [3.63, 3.8) is 0 Å². The maximum absolute atomic E-state index is 12.4. The third-order valence-corrected chi connectivity index (χ3v) is 2.64. The van der Waals surface area contributed by atoms with Crippen LogP contribution >= 0.6 is 11.8 Å². The minimum Gasteiger partial charge on any atom is -0.166 e. The lowest BCUT2D eigenvalue weighted by atomic mass is 10.1. The zero-order valence-electron chi connectivity index (χ0n) is 7.98. The average Bonchev–Trinajstić information content (AvgIpc) is 2.15. The molecule has 4 heteroatoms. The largest absolute Gasteiger partial charge is 0.416 e. The lowest BCUT2D eigenvalue weighted by Gasteiger charge is -2.10. The van der Waals surface area contributed by atoms with Crippen LogP contribution in [-0.4, -0.2) is 6.26 Å². The Balaban J connectivity index is 3.17. The Bertz CT molecular complexity index is 295. The molecule has 0 aliphatic heterocycles. The first-order chi connectivity index (χ1) is 6.47. The van der Waals surface area contributed by atoms with Crippen molar-refractivity contribution in [2.75, 3.05) is 6.26 Å². The highest BCUT2D eigenvalue weighted by Crippen LogP contribution is 2.32. The number of rotatable bonds is 2. The molecule has 0 nitrogen and oxygen atoms in total. The Kier molecular flexibility index (Phi) is 3.48. The van der Waals surface area contributed by atoms with Crippen LogP contribution < -0.4 is 0 Å². The quantitative estimate of drug-likeness (QED) is 0.679. The van der Waals surface area contributed by atoms with E-state index in [1.165, 1.54) is 23.9 Å². The first-order valence-electron chi connectivity index (χ1n) is 4.22. The number of benzene rings is 1. The van der Waals surface area contributed by atoms with Crippen LogP contribution in [0.2, 0.25) is 0 Å². The van der Waals surface area contributed by atoms with Gasteiger partial charge in [-0.3, -0.25) is 0 Å². The van der Waals surface area contributed by atoms with E-state index in [1.807, 2.05) is 6.92 Å². The monoisotopic (exact) mass is 220 g/mol. The summed E-state index contributed by atoms with van der Waals surface area (Å²) in [6, 6.07) is 4.18. The van der Waals surface area contributed by atoms with Crippen LogP contribution in [0.3, 0.4) is 0 Å². The van der Waals surface area contributed by atoms with E-state index in [9.17, 15) is 13.2 Å². The van der Waals surface area contributed by atoms with E-state index in [2.05, 4.69) is 0 Å². The fourth-order valence-corrected chi connectivity index (χ4v) is 1.66. The van der Waals surface area contributed by atoms with Crippen molar-refractivity contribution in [2.45, 2.75) is 24.4 Å². The number of hydrogen-bond donors (Lipinski definition) is 0. The van der Waals surface area contributed by atoms with E-state index in [1.54, 1.807) is 12.3 Å². The molecular weight excluding hydrogens is 209 g/mol. The second-order valence-electron chi connectivity index (χ2n) is 2.92. The Morgan fingerprint density at radius 2 is 1.86 bits per heavy atom. The smallest absolute Gasteiger partial charge is 0.166 e. The number of hydrogen-bond acceptors (Lipinski definition) is 1. The predicted molar refractivity (Wildman–Crippen MR) is 52.6 cm³/mol. The van der Waals surface area contributed by atoms with Gasteiger partial charge in [0, 0.05) is 4.90 Å². The summed E-state index contributed by atoms with van der Waals surface area (Å²) < 4.78 is 37.2. The molecule has 0 aromatic heterocycles. The van der Waals surface area contributed by atoms with E-state index in [4.69, 9.17) is 0 Å². The van der Waals surface area contributed by atoms with Gasteiger partial charge in [0.1, 0.15) is 0 Å². The standard InChI is InChI=1S/C10H11F3S/c1-3-7-4-8(10(11,12)13)6-9(5-7)14-2/h4-6H,3H2,1-2H3. The van der Waals surface area contributed by atoms with Gasteiger partial charge in [0.05, 0.1) is 5.56 Å². The molecule has 0 amide bonds. The molecule has 1 rings (SSSR count). The summed E-state index contributed by atoms with van der Waals surface area (Å²) >= 11 is 1.33. The zero-order valence-corrected chi connectivity index (χ0v) is 8.80. The fraction of sp³-hybridized carbons (Fsp3) is 0.400. The normalized spacial score (nSPS) is 11.8. The SMILES string of the molecule is CCc1cc(SC)cc(C(F)(F)F)c1. The molecule has 0 spiro atoms. The van der Waals surface area contributed by atoms with Gasteiger partial charge in [-0.2, -0.15) is 13.2 Å². The zero-order chi connectivity index (χ0) is 10.8. The highest BCUT2D eigenvalue weighted by atomic mass is 32.2. The lowest BCUT2D eigenvalue weighted by molar-refractivity contribution is -0.137. The van der Waals surface area contributed by atoms with Crippen LogP contribution in [0, 0.1) is 0 Å². The number of alkyl halides is 3. The van der Waals surface area contributed by atoms with Gasteiger partial charge in [0.15, 0.2) is 0 Å². The molecule has 0 heterocycles. The summed E-state index contributed by atoms with van der Waals surface area (Å²) in [7, 11) is 0. The first-order valence-corrected chi connectivity index (χ1v) is 5.45. The van der Waals surface area contributed by atoms with Crippen molar-refractivity contribution >= 4 is 11.8 Å². The fourth-order valence-electron chi connectivity index (χ4n) is 1.15. The van der Waals surface area contributed by atoms with Crippen LogP contribution in [0.5, 0.6) is 0 Å². The van der Waals surface area contributed by atoms with E-state index in [0.29, 0.717) is 11.3 Å². The minimum absolute atomic E-state index is 0.554. The van der Waals surface area contributed by atoms with Crippen molar-refractivity contribution in [3.05, 3.63) is 29.3 Å². The number of aryl methyl sites for hydroxylation is 1. The average molecular weight is 220 g/mol. The molecule has 0 aliphatic rings. The van der Waals surface area contributed by atoms with Crippen LogP contribution in [0.25, 0.3) is 0 Å². The van der Waals surface area contributed by atoms with Crippen LogP contribution in [0.1, 0.15) is 18.1 Å². The molecule has 14 heavy (non-hydrogen) atoms. The molecule has 0 unspecified atom stereocenters. The number of halogens is 3. The van der Waals surface area contributed by atoms with Gasteiger partial charge < -0.3 is 0 Å². The molecular formula is C10H11F3S. The van der Waals surface area contributed by atoms with Crippen molar-refractivity contribution in [3.8, 4) is 0 Å². The van der Waals surface area contributed by atoms with Crippen LogP contribution in [-0.2, 0) is 12.6 Å². The summed E-state index contributed by atoms with van der Waals surface area (Å²) in [6.45, 7) is 1.85. The molecule has 78 valence electrons. The predicted octanol–water partition coefficient (Wildman–Crippen LogP) is 3.99. The van der Waals surface area contributed by atoms with E-state index in [-0.39, 0.29) is 0 Å². The molecule has 0 N–H and O–H groups in total. The van der Waals surface area contributed by atoms with Gasteiger partial charge in [0.2, 0.25) is 0 Å². The van der Waals surface area contributed by atoms with Crippen molar-refractivity contribution in [1.29, 1.82) is 0 Å². The number of thioether (sulfide) groups is 1. The van der Waals surface area contributed by atoms with Crippen LogP contribution in [0.4, 0.5) is 13.2 Å². The Morgan fingerprint density at radius 3 is 2.29 bits per heavy atom. The second kappa shape index (κ2) is 4.26. The summed E-state index contributed by atoms with van der Waals surface area (Å²) in [6.07, 6.45) is -1.85. The third kappa shape index (κ3) is 2.67. The third-order valence-electron chi connectivity index (χ3n) is 1.94. The summed E-state index contributed by atoms with van der Waals surface area (Å²) in [5.41, 5.74) is 0.172. The molecule has 0 radical (unpaired) electrons. The topological polar surface area (TPSA) is 0 Å². The van der Waals surface area contributed by atoms with Gasteiger partial charge in [0.25, 0.3) is 0 Å². The lowest BCUT2D eigenvalue weighted by Crippen LogP contribution is -2.05. The molecule has 0 bridgehead atoms. The molecule has 1 aromatic carbocycles. The van der Waals surface area contributed by atoms with Crippen molar-refractivity contribution in [2.24, 2.45) is 0 Å². The molecule has 0 saturated heterocycles. The first kappa shape index (κ1) is 11.4. The summed E-state index contributed by atoms with van der Waals surface area (Å²) in [5, 5.41) is 0. The van der Waals surface area contributed by atoms with Crippen molar-refractivity contribution in [1.82, 2.24) is 0 Å². The summed E-state index contributed by atoms with van der Waals surface area (Å²) in [4.78, 5) is 0.664. The molecule has 0 saturated carbocycles. The van der Waals surface area contributed by atoms with Gasteiger partial charge in [-0.25, -0.2) is 0 Å². The Morgan fingerprint density at radius 1 is 1.21 bits per heavy atom.